The van der Waals surface area contributed by atoms with Crippen molar-refractivity contribution in [3.05, 3.63) is 34.3 Å². The number of nitrogens with zero attached hydrogens (tertiary/aromatic N) is 1. The summed E-state index contributed by atoms with van der Waals surface area (Å²) in [5, 5.41) is 4.24. The van der Waals surface area contributed by atoms with Crippen molar-refractivity contribution in [3.8, 4) is 0 Å². The van der Waals surface area contributed by atoms with E-state index >= 15 is 0 Å². The van der Waals surface area contributed by atoms with Gasteiger partial charge in [0.25, 0.3) is 5.91 Å². The smallest absolute Gasteiger partial charge is 0.254 e. The van der Waals surface area contributed by atoms with Gasteiger partial charge < -0.3 is 10.2 Å². The Morgan fingerprint density at radius 2 is 1.95 bits per heavy atom. The minimum absolute atomic E-state index is 0.0938. The summed E-state index contributed by atoms with van der Waals surface area (Å²) in [4.78, 5) is 14.6. The number of aryl methyl sites for hydroxylation is 1. The minimum atomic E-state index is 0.0938. The molecule has 2 atom stereocenters. The Kier molecular flexibility index (Phi) is 3.74. The van der Waals surface area contributed by atoms with Gasteiger partial charge in [0.05, 0.1) is 0 Å². The Labute approximate surface area is 125 Å². The second kappa shape index (κ2) is 5.38. The number of nitrogens with one attached hydrogen (secondary N) is 1. The lowest BCUT2D eigenvalue weighted by Crippen LogP contribution is -2.48. The van der Waals surface area contributed by atoms with Crippen LogP contribution in [0.1, 0.15) is 41.6 Å². The first-order valence-electron chi connectivity index (χ1n) is 7.34. The standard InChI is InChI=1S/C16H21ClN2O/c1-10-3-4-11(17)7-15(10)16(20)19(2)14-8-12-5-6-13(9-14)18-12/h3-4,7,12-14,18H,5-6,8-9H2,1-2H3. The number of fused-ring (bicyclic) bond motifs is 2. The fraction of sp³-hybridized carbons (Fsp3) is 0.562. The molecule has 0 spiro atoms. The number of benzene rings is 1. The zero-order chi connectivity index (χ0) is 14.3. The van der Waals surface area contributed by atoms with Crippen LogP contribution in [0.4, 0.5) is 0 Å². The van der Waals surface area contributed by atoms with Crippen LogP contribution in [-0.4, -0.2) is 36.0 Å². The van der Waals surface area contributed by atoms with Gasteiger partial charge in [-0.1, -0.05) is 17.7 Å². The molecule has 1 aromatic carbocycles. The van der Waals surface area contributed by atoms with Gasteiger partial charge in [-0.25, -0.2) is 0 Å². The Bertz CT molecular complexity index is 519. The van der Waals surface area contributed by atoms with E-state index in [1.165, 1.54) is 12.8 Å². The van der Waals surface area contributed by atoms with Gasteiger partial charge in [-0.2, -0.15) is 0 Å². The Morgan fingerprint density at radius 1 is 1.30 bits per heavy atom. The molecule has 2 aliphatic rings. The van der Waals surface area contributed by atoms with Crippen LogP contribution in [0.5, 0.6) is 0 Å². The maximum atomic E-state index is 12.7. The zero-order valence-corrected chi connectivity index (χ0v) is 12.8. The minimum Gasteiger partial charge on any atom is -0.339 e. The molecule has 2 heterocycles. The van der Waals surface area contributed by atoms with Crippen LogP contribution in [0.15, 0.2) is 18.2 Å². The van der Waals surface area contributed by atoms with Gasteiger partial charge in [-0.15, -0.1) is 0 Å². The van der Waals surface area contributed by atoms with Gasteiger partial charge in [0.15, 0.2) is 0 Å². The molecular weight excluding hydrogens is 272 g/mol. The van der Waals surface area contributed by atoms with Gasteiger partial charge in [0.2, 0.25) is 0 Å². The lowest BCUT2D eigenvalue weighted by molar-refractivity contribution is 0.0681. The number of piperidine rings is 1. The molecular formula is C16H21ClN2O. The van der Waals surface area contributed by atoms with Crippen LogP contribution >= 0.6 is 11.6 Å². The van der Waals surface area contributed by atoms with Gasteiger partial charge in [0, 0.05) is 35.8 Å². The summed E-state index contributed by atoms with van der Waals surface area (Å²) in [5.74, 6) is 0.0938. The van der Waals surface area contributed by atoms with Crippen molar-refractivity contribution in [3.63, 3.8) is 0 Å². The van der Waals surface area contributed by atoms with Crippen LogP contribution in [0.2, 0.25) is 5.02 Å². The summed E-state index contributed by atoms with van der Waals surface area (Å²) in [5.41, 5.74) is 1.72. The predicted molar refractivity (Wildman–Crippen MR) is 81.3 cm³/mol. The number of halogens is 1. The molecule has 0 radical (unpaired) electrons. The lowest BCUT2D eigenvalue weighted by Gasteiger charge is -2.35. The van der Waals surface area contributed by atoms with Crippen molar-refractivity contribution in [1.82, 2.24) is 10.2 Å². The van der Waals surface area contributed by atoms with Crippen molar-refractivity contribution < 1.29 is 4.79 Å². The molecule has 2 saturated heterocycles. The summed E-state index contributed by atoms with van der Waals surface area (Å²) < 4.78 is 0. The SMILES string of the molecule is Cc1ccc(Cl)cc1C(=O)N(C)C1CC2CCC(C1)N2. The highest BCUT2D eigenvalue weighted by molar-refractivity contribution is 6.31. The maximum absolute atomic E-state index is 12.7. The third-order valence-corrected chi connectivity index (χ3v) is 4.98. The second-order valence-electron chi connectivity index (χ2n) is 6.14. The lowest BCUT2D eigenvalue weighted by atomic mass is 9.97. The molecule has 1 amide bonds. The molecule has 1 N–H and O–H groups in total. The highest BCUT2D eigenvalue weighted by Crippen LogP contribution is 2.30. The average Bonchev–Trinajstić information content (AvgIpc) is 2.78. The van der Waals surface area contributed by atoms with E-state index in [9.17, 15) is 4.79 Å². The molecule has 2 fully saturated rings. The van der Waals surface area contributed by atoms with Crippen LogP contribution < -0.4 is 5.32 Å². The van der Waals surface area contributed by atoms with E-state index in [0.717, 1.165) is 24.0 Å². The predicted octanol–water partition coefficient (Wildman–Crippen LogP) is 3.00. The molecule has 0 saturated carbocycles. The molecule has 0 aliphatic carbocycles. The highest BCUT2D eigenvalue weighted by atomic mass is 35.5. The van der Waals surface area contributed by atoms with Gasteiger partial charge >= 0.3 is 0 Å². The largest absolute Gasteiger partial charge is 0.339 e. The first-order valence-corrected chi connectivity index (χ1v) is 7.71. The summed E-state index contributed by atoms with van der Waals surface area (Å²) in [6.45, 7) is 1.96. The third kappa shape index (κ3) is 2.57. The summed E-state index contributed by atoms with van der Waals surface area (Å²) in [6.07, 6.45) is 4.63. The molecule has 0 aromatic heterocycles. The number of hydrogen-bond acceptors (Lipinski definition) is 2. The molecule has 2 unspecified atom stereocenters. The van der Waals surface area contributed by atoms with Crippen molar-refractivity contribution in [2.24, 2.45) is 0 Å². The second-order valence-corrected chi connectivity index (χ2v) is 6.57. The fourth-order valence-corrected chi connectivity index (χ4v) is 3.70. The molecule has 3 nitrogen and oxygen atoms in total. The van der Waals surface area contributed by atoms with Crippen molar-refractivity contribution >= 4 is 17.5 Å². The van der Waals surface area contributed by atoms with E-state index in [2.05, 4.69) is 5.32 Å². The van der Waals surface area contributed by atoms with Crippen LogP contribution in [0.3, 0.4) is 0 Å². The molecule has 108 valence electrons. The van der Waals surface area contributed by atoms with E-state index in [0.29, 0.717) is 23.1 Å². The van der Waals surface area contributed by atoms with Crippen molar-refractivity contribution in [2.75, 3.05) is 7.05 Å². The maximum Gasteiger partial charge on any atom is 0.254 e. The Morgan fingerprint density at radius 3 is 2.60 bits per heavy atom. The fourth-order valence-electron chi connectivity index (χ4n) is 3.52. The molecule has 2 bridgehead atoms. The molecule has 20 heavy (non-hydrogen) atoms. The quantitative estimate of drug-likeness (QED) is 0.909. The highest BCUT2D eigenvalue weighted by Gasteiger charge is 2.36. The van der Waals surface area contributed by atoms with Crippen LogP contribution in [-0.2, 0) is 0 Å². The zero-order valence-electron chi connectivity index (χ0n) is 12.0. The van der Waals surface area contributed by atoms with Gasteiger partial charge in [-0.3, -0.25) is 4.79 Å². The molecule has 4 heteroatoms. The van der Waals surface area contributed by atoms with Crippen LogP contribution in [0.25, 0.3) is 0 Å². The van der Waals surface area contributed by atoms with Crippen LogP contribution in [0, 0.1) is 6.92 Å². The summed E-state index contributed by atoms with van der Waals surface area (Å²) >= 11 is 6.03. The Balaban J connectivity index is 1.78. The van der Waals surface area contributed by atoms with E-state index < -0.39 is 0 Å². The average molecular weight is 293 g/mol. The van der Waals surface area contributed by atoms with Crippen molar-refractivity contribution in [2.45, 2.75) is 50.7 Å². The third-order valence-electron chi connectivity index (χ3n) is 4.75. The molecule has 3 rings (SSSR count). The number of rotatable bonds is 2. The normalized spacial score (nSPS) is 28.4. The van der Waals surface area contributed by atoms with E-state index in [1.807, 2.05) is 31.0 Å². The number of hydrogen-bond donors (Lipinski definition) is 1. The molecule has 2 aliphatic heterocycles. The first kappa shape index (κ1) is 13.9. The van der Waals surface area contributed by atoms with E-state index in [1.54, 1.807) is 6.07 Å². The number of carbonyl (C=O) groups excluding carboxylic acids is 1. The number of amides is 1. The van der Waals surface area contributed by atoms with Gasteiger partial charge in [-0.05, 0) is 50.3 Å². The van der Waals surface area contributed by atoms with Crippen molar-refractivity contribution in [1.29, 1.82) is 0 Å². The topological polar surface area (TPSA) is 32.3 Å². The monoisotopic (exact) mass is 292 g/mol. The van der Waals surface area contributed by atoms with Gasteiger partial charge in [0.1, 0.15) is 0 Å². The molecule has 1 aromatic rings. The summed E-state index contributed by atoms with van der Waals surface area (Å²) in [7, 11) is 1.93. The van der Waals surface area contributed by atoms with E-state index in [4.69, 9.17) is 11.6 Å². The Hall–Kier alpha value is -1.06. The van der Waals surface area contributed by atoms with E-state index in [-0.39, 0.29) is 5.91 Å². The number of carbonyl (C=O) groups is 1. The summed E-state index contributed by atoms with van der Waals surface area (Å²) in [6, 6.07) is 7.06. The first-order chi connectivity index (χ1) is 9.54.